The van der Waals surface area contributed by atoms with Crippen molar-refractivity contribution in [2.24, 2.45) is 10.8 Å². The van der Waals surface area contributed by atoms with Gasteiger partial charge in [-0.1, -0.05) is 30.3 Å². The Balaban J connectivity index is 2.33. The van der Waals surface area contributed by atoms with Gasteiger partial charge in [0.15, 0.2) is 11.5 Å². The highest BCUT2D eigenvalue weighted by molar-refractivity contribution is 5.83. The predicted octanol–water partition coefficient (Wildman–Crippen LogP) is 1.99. The highest BCUT2D eigenvalue weighted by Gasteiger charge is 2.24. The van der Waals surface area contributed by atoms with Crippen LogP contribution in [0.15, 0.2) is 53.6 Å². The average Bonchev–Trinajstić information content (AvgIpc) is 2.66. The number of methoxy groups -OCH3 is 2. The van der Waals surface area contributed by atoms with Gasteiger partial charge in [0.05, 0.1) is 20.4 Å². The number of benzene rings is 2. The average molecular weight is 357 g/mol. The molecule has 2 amide bonds. The molecule has 0 saturated carbocycles. The maximum atomic E-state index is 12.2. The van der Waals surface area contributed by atoms with Gasteiger partial charge < -0.3 is 19.9 Å². The van der Waals surface area contributed by atoms with Gasteiger partial charge in [-0.05, 0) is 23.8 Å². The van der Waals surface area contributed by atoms with Crippen molar-refractivity contribution in [2.75, 3.05) is 14.2 Å². The third kappa shape index (κ3) is 4.97. The molecule has 2 aromatic rings. The topological polar surface area (TPSA) is 112 Å². The van der Waals surface area contributed by atoms with E-state index in [1.807, 2.05) is 6.07 Å². The van der Waals surface area contributed by atoms with Crippen LogP contribution in [0.1, 0.15) is 17.2 Å². The number of hydrazone groups is 1. The van der Waals surface area contributed by atoms with E-state index in [1.54, 1.807) is 42.5 Å². The van der Waals surface area contributed by atoms with Crippen molar-refractivity contribution in [1.29, 1.82) is 0 Å². The minimum atomic E-state index is -0.967. The molecule has 0 aliphatic heterocycles. The molecule has 0 aliphatic carbocycles. The van der Waals surface area contributed by atoms with Crippen LogP contribution in [0.25, 0.3) is 0 Å². The Morgan fingerprint density at radius 1 is 1.12 bits per heavy atom. The first-order valence-corrected chi connectivity index (χ1v) is 7.61. The van der Waals surface area contributed by atoms with E-state index >= 15 is 0 Å². The van der Waals surface area contributed by atoms with E-state index < -0.39 is 18.1 Å². The largest absolute Gasteiger partial charge is 0.493 e. The summed E-state index contributed by atoms with van der Waals surface area (Å²) in [4.78, 5) is 22.8. The minimum Gasteiger partial charge on any atom is -0.493 e. The molecular formula is C18H19N3O5. The number of amides is 2. The van der Waals surface area contributed by atoms with E-state index in [4.69, 9.17) is 19.9 Å². The fraction of sp³-hybridized carbons (Fsp3) is 0.167. The first-order valence-electron chi connectivity index (χ1n) is 7.61. The Labute approximate surface area is 150 Å². The second kappa shape index (κ2) is 9.07. The number of primary amides is 1. The Hall–Kier alpha value is -3.55. The van der Waals surface area contributed by atoms with Crippen LogP contribution in [-0.4, -0.2) is 32.4 Å². The Morgan fingerprint density at radius 2 is 1.85 bits per heavy atom. The van der Waals surface area contributed by atoms with E-state index in [2.05, 4.69) is 10.5 Å². The highest BCUT2D eigenvalue weighted by Crippen LogP contribution is 2.32. The zero-order valence-corrected chi connectivity index (χ0v) is 14.3. The number of nitrogens with two attached hydrogens (primary N) is 1. The minimum absolute atomic E-state index is 0.315. The van der Waals surface area contributed by atoms with Crippen LogP contribution in [-0.2, 0) is 9.53 Å². The van der Waals surface area contributed by atoms with Crippen LogP contribution in [0.3, 0.4) is 0 Å². The van der Waals surface area contributed by atoms with Gasteiger partial charge in [0.25, 0.3) is 0 Å². The number of nitrogens with one attached hydrogen (secondary N) is 1. The third-order valence-corrected chi connectivity index (χ3v) is 3.34. The van der Waals surface area contributed by atoms with Crippen molar-refractivity contribution >= 4 is 18.2 Å². The predicted molar refractivity (Wildman–Crippen MR) is 95.1 cm³/mol. The lowest BCUT2D eigenvalue weighted by Crippen LogP contribution is -2.24. The number of nitrogens with zero attached hydrogens (tertiary/aromatic N) is 1. The number of esters is 1. The molecule has 136 valence electrons. The van der Waals surface area contributed by atoms with Crippen LogP contribution in [0, 0.1) is 0 Å². The number of hydrogen-bond donors (Lipinski definition) is 2. The Bertz CT molecular complexity index is 793. The lowest BCUT2D eigenvalue weighted by molar-refractivity contribution is -0.149. The maximum absolute atomic E-state index is 12.2. The summed E-state index contributed by atoms with van der Waals surface area (Å²) in [6.45, 7) is 0. The normalized spacial score (nSPS) is 11.6. The lowest BCUT2D eigenvalue weighted by atomic mass is 10.1. The molecule has 0 aliphatic rings. The second-order valence-corrected chi connectivity index (χ2v) is 5.08. The maximum Gasteiger partial charge on any atom is 0.351 e. The monoisotopic (exact) mass is 357 g/mol. The van der Waals surface area contributed by atoms with E-state index in [0.717, 1.165) is 0 Å². The molecule has 3 N–H and O–H groups in total. The van der Waals surface area contributed by atoms with Crippen LogP contribution in [0.4, 0.5) is 4.79 Å². The molecule has 2 rings (SSSR count). The molecule has 0 spiro atoms. The SMILES string of the molecule is COC(=O)C(Oc1cc(C=NNC(N)=O)ccc1OC)c1ccccc1. The van der Waals surface area contributed by atoms with Crippen molar-refractivity contribution in [1.82, 2.24) is 5.43 Å². The quantitative estimate of drug-likeness (QED) is 0.447. The number of carbonyl (C=O) groups excluding carboxylic acids is 2. The number of carbonyl (C=O) groups is 2. The highest BCUT2D eigenvalue weighted by atomic mass is 16.6. The second-order valence-electron chi connectivity index (χ2n) is 5.08. The van der Waals surface area contributed by atoms with E-state index in [1.165, 1.54) is 20.4 Å². The number of rotatable bonds is 7. The molecule has 8 heteroatoms. The van der Waals surface area contributed by atoms with E-state index in [9.17, 15) is 9.59 Å². The Kier molecular flexibility index (Phi) is 6.55. The number of ether oxygens (including phenoxy) is 3. The summed E-state index contributed by atoms with van der Waals surface area (Å²) in [5.41, 5.74) is 8.29. The van der Waals surface area contributed by atoms with E-state index in [0.29, 0.717) is 22.6 Å². The molecule has 0 saturated heterocycles. The first-order chi connectivity index (χ1) is 12.5. The molecular weight excluding hydrogens is 338 g/mol. The fourth-order valence-electron chi connectivity index (χ4n) is 2.15. The van der Waals surface area contributed by atoms with Crippen molar-refractivity contribution in [2.45, 2.75) is 6.10 Å². The molecule has 0 heterocycles. The van der Waals surface area contributed by atoms with Crippen LogP contribution < -0.4 is 20.6 Å². The first kappa shape index (κ1) is 18.8. The molecule has 0 radical (unpaired) electrons. The fourth-order valence-corrected chi connectivity index (χ4v) is 2.15. The molecule has 1 unspecified atom stereocenters. The third-order valence-electron chi connectivity index (χ3n) is 3.34. The van der Waals surface area contributed by atoms with E-state index in [-0.39, 0.29) is 0 Å². The lowest BCUT2D eigenvalue weighted by Gasteiger charge is -2.19. The summed E-state index contributed by atoms with van der Waals surface area (Å²) in [6.07, 6.45) is 0.415. The molecule has 1 atom stereocenters. The van der Waals surface area contributed by atoms with Crippen LogP contribution in [0.5, 0.6) is 11.5 Å². The molecule has 8 nitrogen and oxygen atoms in total. The van der Waals surface area contributed by atoms with Gasteiger partial charge in [-0.2, -0.15) is 5.10 Å². The summed E-state index contributed by atoms with van der Waals surface area (Å²) >= 11 is 0. The van der Waals surface area contributed by atoms with Gasteiger partial charge in [0, 0.05) is 5.56 Å². The van der Waals surface area contributed by atoms with Gasteiger partial charge in [0.1, 0.15) is 0 Å². The zero-order valence-electron chi connectivity index (χ0n) is 14.3. The van der Waals surface area contributed by atoms with Gasteiger partial charge in [-0.15, -0.1) is 0 Å². The molecule has 0 bridgehead atoms. The van der Waals surface area contributed by atoms with Crippen molar-refractivity contribution in [3.05, 3.63) is 59.7 Å². The van der Waals surface area contributed by atoms with Crippen molar-refractivity contribution < 1.29 is 23.8 Å². The number of hydrogen-bond acceptors (Lipinski definition) is 6. The summed E-state index contributed by atoms with van der Waals surface area (Å²) < 4.78 is 16.0. The molecule has 0 fully saturated rings. The van der Waals surface area contributed by atoms with Gasteiger partial charge in [-0.3, -0.25) is 0 Å². The summed E-state index contributed by atoms with van der Waals surface area (Å²) in [5.74, 6) is 0.192. The van der Waals surface area contributed by atoms with Gasteiger partial charge in [0.2, 0.25) is 6.10 Å². The summed E-state index contributed by atoms with van der Waals surface area (Å²) in [5, 5.41) is 3.69. The smallest absolute Gasteiger partial charge is 0.351 e. The van der Waals surface area contributed by atoms with Crippen molar-refractivity contribution in [3.8, 4) is 11.5 Å². The Morgan fingerprint density at radius 3 is 2.46 bits per heavy atom. The van der Waals surface area contributed by atoms with Crippen LogP contribution in [0.2, 0.25) is 0 Å². The summed E-state index contributed by atoms with van der Waals surface area (Å²) in [7, 11) is 2.78. The molecule has 2 aromatic carbocycles. The summed E-state index contributed by atoms with van der Waals surface area (Å²) in [6, 6.07) is 13.1. The van der Waals surface area contributed by atoms with Gasteiger partial charge >= 0.3 is 12.0 Å². The van der Waals surface area contributed by atoms with Gasteiger partial charge in [-0.25, -0.2) is 15.0 Å². The van der Waals surface area contributed by atoms with Crippen LogP contribution >= 0.6 is 0 Å². The standard InChI is InChI=1S/C18H19N3O5/c1-24-14-9-8-12(11-20-21-18(19)23)10-15(14)26-16(17(22)25-2)13-6-4-3-5-7-13/h3-11,16H,1-2H3,(H3,19,21,23). The number of urea groups is 1. The molecule has 0 aromatic heterocycles. The molecule has 26 heavy (non-hydrogen) atoms. The zero-order chi connectivity index (χ0) is 18.9. The van der Waals surface area contributed by atoms with Crippen molar-refractivity contribution in [3.63, 3.8) is 0 Å².